The summed E-state index contributed by atoms with van der Waals surface area (Å²) >= 11 is 0. The number of benzene rings is 2. The van der Waals surface area contributed by atoms with Crippen LogP contribution in [0.15, 0.2) is 48.0 Å². The van der Waals surface area contributed by atoms with Gasteiger partial charge in [0.15, 0.2) is 11.5 Å². The van der Waals surface area contributed by atoms with Crippen LogP contribution in [0.2, 0.25) is 0 Å². The number of para-hydroxylation sites is 1. The summed E-state index contributed by atoms with van der Waals surface area (Å²) < 4.78 is 4.96. The van der Waals surface area contributed by atoms with E-state index >= 15 is 0 Å². The molecule has 0 heterocycles. The number of hydrogen-bond donors (Lipinski definition) is 2. The van der Waals surface area contributed by atoms with E-state index in [1.54, 1.807) is 24.3 Å². The number of aromatic hydroxyl groups is 1. The molecule has 1 amide bonds. The lowest BCUT2D eigenvalue weighted by atomic mass is 10.1. The van der Waals surface area contributed by atoms with Crippen molar-refractivity contribution < 1.29 is 14.6 Å². The van der Waals surface area contributed by atoms with Crippen LogP contribution in [-0.2, 0) is 4.79 Å². The molecule has 0 fully saturated rings. The maximum Gasteiger partial charge on any atom is 0.266 e. The van der Waals surface area contributed by atoms with Gasteiger partial charge in [-0.2, -0.15) is 5.26 Å². The van der Waals surface area contributed by atoms with E-state index in [1.807, 2.05) is 25.1 Å². The molecule has 0 saturated carbocycles. The minimum atomic E-state index is -0.503. The van der Waals surface area contributed by atoms with Gasteiger partial charge in [-0.3, -0.25) is 4.79 Å². The molecule has 0 aromatic heterocycles. The molecular weight excluding hydrogens is 292 g/mol. The number of amides is 1. The Morgan fingerprint density at radius 3 is 2.65 bits per heavy atom. The zero-order valence-corrected chi connectivity index (χ0v) is 12.8. The smallest absolute Gasteiger partial charge is 0.266 e. The minimum absolute atomic E-state index is 0.0575. The van der Waals surface area contributed by atoms with E-state index < -0.39 is 5.91 Å². The number of nitrogens with zero attached hydrogens (tertiary/aromatic N) is 1. The summed E-state index contributed by atoms with van der Waals surface area (Å²) in [5.74, 6) is -0.236. The van der Waals surface area contributed by atoms with Gasteiger partial charge in [0.05, 0.1) is 7.11 Å². The summed E-state index contributed by atoms with van der Waals surface area (Å²) in [6.45, 7) is 1.87. The van der Waals surface area contributed by atoms with Gasteiger partial charge < -0.3 is 15.2 Å². The Balaban J connectivity index is 2.25. The molecule has 0 radical (unpaired) electrons. The van der Waals surface area contributed by atoms with Crippen LogP contribution in [-0.4, -0.2) is 18.1 Å². The highest BCUT2D eigenvalue weighted by atomic mass is 16.5. The Hall–Kier alpha value is -3.26. The summed E-state index contributed by atoms with van der Waals surface area (Å²) in [6, 6.07) is 13.8. The third-order valence-corrected chi connectivity index (χ3v) is 3.27. The molecule has 2 aromatic rings. The van der Waals surface area contributed by atoms with Crippen LogP contribution >= 0.6 is 0 Å². The molecule has 0 aliphatic heterocycles. The average Bonchev–Trinajstić information content (AvgIpc) is 2.54. The molecule has 0 bridgehead atoms. The summed E-state index contributed by atoms with van der Waals surface area (Å²) in [6.07, 6.45) is 1.41. The molecule has 2 N–H and O–H groups in total. The van der Waals surface area contributed by atoms with Gasteiger partial charge in [0.1, 0.15) is 11.6 Å². The van der Waals surface area contributed by atoms with Crippen molar-refractivity contribution in [2.45, 2.75) is 6.92 Å². The second-order valence-electron chi connectivity index (χ2n) is 4.87. The maximum atomic E-state index is 12.2. The molecule has 116 valence electrons. The van der Waals surface area contributed by atoms with Gasteiger partial charge in [0, 0.05) is 5.69 Å². The number of methoxy groups -OCH3 is 1. The van der Waals surface area contributed by atoms with Crippen LogP contribution in [0.4, 0.5) is 5.69 Å². The van der Waals surface area contributed by atoms with Crippen LogP contribution in [0, 0.1) is 18.3 Å². The Morgan fingerprint density at radius 2 is 2.04 bits per heavy atom. The molecule has 0 unspecified atom stereocenters. The molecule has 0 spiro atoms. The maximum absolute atomic E-state index is 12.2. The minimum Gasteiger partial charge on any atom is -0.504 e. The molecule has 0 aliphatic carbocycles. The first-order chi connectivity index (χ1) is 11.0. The van der Waals surface area contributed by atoms with Crippen LogP contribution in [0.25, 0.3) is 6.08 Å². The molecular formula is C18H16N2O3. The van der Waals surface area contributed by atoms with E-state index in [1.165, 1.54) is 19.3 Å². The second kappa shape index (κ2) is 7.14. The molecule has 5 heteroatoms. The van der Waals surface area contributed by atoms with Gasteiger partial charge in [-0.1, -0.05) is 24.3 Å². The number of anilines is 1. The monoisotopic (exact) mass is 308 g/mol. The van der Waals surface area contributed by atoms with E-state index in [0.717, 1.165) is 5.56 Å². The van der Waals surface area contributed by atoms with Crippen molar-refractivity contribution in [1.82, 2.24) is 0 Å². The van der Waals surface area contributed by atoms with Gasteiger partial charge in [-0.05, 0) is 42.3 Å². The van der Waals surface area contributed by atoms with Crippen LogP contribution in [0.3, 0.4) is 0 Å². The number of phenols is 1. The van der Waals surface area contributed by atoms with E-state index in [4.69, 9.17) is 4.74 Å². The lowest BCUT2D eigenvalue weighted by molar-refractivity contribution is -0.112. The molecule has 0 atom stereocenters. The predicted octanol–water partition coefficient (Wildman–Crippen LogP) is 3.25. The highest BCUT2D eigenvalue weighted by molar-refractivity contribution is 6.10. The number of carbonyl (C=O) groups excluding carboxylic acids is 1. The number of ether oxygens (including phenoxy) is 1. The molecule has 23 heavy (non-hydrogen) atoms. The number of phenolic OH excluding ortho intramolecular Hbond substituents is 1. The quantitative estimate of drug-likeness (QED) is 0.671. The van der Waals surface area contributed by atoms with Gasteiger partial charge in [-0.25, -0.2) is 0 Å². The number of carbonyl (C=O) groups is 1. The van der Waals surface area contributed by atoms with E-state index in [-0.39, 0.29) is 11.3 Å². The first-order valence-corrected chi connectivity index (χ1v) is 6.91. The highest BCUT2D eigenvalue weighted by Crippen LogP contribution is 2.27. The fourth-order valence-corrected chi connectivity index (χ4v) is 2.01. The van der Waals surface area contributed by atoms with E-state index in [9.17, 15) is 15.2 Å². The normalized spacial score (nSPS) is 10.7. The highest BCUT2D eigenvalue weighted by Gasteiger charge is 2.11. The summed E-state index contributed by atoms with van der Waals surface area (Å²) in [5, 5.41) is 21.7. The average molecular weight is 308 g/mol. The first-order valence-electron chi connectivity index (χ1n) is 6.91. The summed E-state index contributed by atoms with van der Waals surface area (Å²) in [4.78, 5) is 12.2. The van der Waals surface area contributed by atoms with Crippen molar-refractivity contribution in [1.29, 1.82) is 5.26 Å². The van der Waals surface area contributed by atoms with E-state index in [0.29, 0.717) is 17.0 Å². The van der Waals surface area contributed by atoms with Crippen LogP contribution in [0.5, 0.6) is 11.5 Å². The molecule has 2 rings (SSSR count). The molecule has 2 aromatic carbocycles. The number of aryl methyl sites for hydroxylation is 1. The van der Waals surface area contributed by atoms with Crippen molar-refractivity contribution in [3.05, 3.63) is 59.2 Å². The second-order valence-corrected chi connectivity index (χ2v) is 4.87. The Kier molecular flexibility index (Phi) is 5.00. The SMILES string of the molecule is COc1ccc(/C=C(/C#N)C(=O)Nc2ccccc2C)cc1O. The topological polar surface area (TPSA) is 82.3 Å². The van der Waals surface area contributed by atoms with Gasteiger partial charge in [-0.15, -0.1) is 0 Å². The van der Waals surface area contributed by atoms with Gasteiger partial charge in [0.2, 0.25) is 0 Å². The predicted molar refractivity (Wildman–Crippen MR) is 88.1 cm³/mol. The number of nitrogens with one attached hydrogen (secondary N) is 1. The third kappa shape index (κ3) is 3.89. The standard InChI is InChI=1S/C18H16N2O3/c1-12-5-3-4-6-15(12)20-18(22)14(11-19)9-13-7-8-17(23-2)16(21)10-13/h3-10,21H,1-2H3,(H,20,22)/b14-9-. The zero-order chi connectivity index (χ0) is 16.8. The fourth-order valence-electron chi connectivity index (χ4n) is 2.01. The van der Waals surface area contributed by atoms with Crippen molar-refractivity contribution in [3.63, 3.8) is 0 Å². The lowest BCUT2D eigenvalue weighted by Gasteiger charge is -2.07. The number of rotatable bonds is 4. The van der Waals surface area contributed by atoms with Crippen LogP contribution < -0.4 is 10.1 Å². The lowest BCUT2D eigenvalue weighted by Crippen LogP contribution is -2.14. The zero-order valence-electron chi connectivity index (χ0n) is 12.8. The van der Waals surface area contributed by atoms with Crippen molar-refractivity contribution >= 4 is 17.7 Å². The Morgan fingerprint density at radius 1 is 1.30 bits per heavy atom. The van der Waals surface area contributed by atoms with Crippen molar-refractivity contribution in [2.75, 3.05) is 12.4 Å². The van der Waals surface area contributed by atoms with E-state index in [2.05, 4.69) is 5.32 Å². The largest absolute Gasteiger partial charge is 0.504 e. The first kappa shape index (κ1) is 16.1. The Bertz CT molecular complexity index is 804. The molecule has 5 nitrogen and oxygen atoms in total. The fraction of sp³-hybridized carbons (Fsp3) is 0.111. The summed E-state index contributed by atoms with van der Waals surface area (Å²) in [7, 11) is 1.45. The van der Waals surface area contributed by atoms with Crippen LogP contribution in [0.1, 0.15) is 11.1 Å². The van der Waals surface area contributed by atoms with Gasteiger partial charge >= 0.3 is 0 Å². The molecule has 0 saturated heterocycles. The van der Waals surface area contributed by atoms with Crippen molar-refractivity contribution in [2.24, 2.45) is 0 Å². The number of nitriles is 1. The van der Waals surface area contributed by atoms with Gasteiger partial charge in [0.25, 0.3) is 5.91 Å². The number of hydrogen-bond acceptors (Lipinski definition) is 4. The third-order valence-electron chi connectivity index (χ3n) is 3.27. The molecule has 0 aliphatic rings. The summed E-state index contributed by atoms with van der Waals surface area (Å²) in [5.41, 5.74) is 2.02. The Labute approximate surface area is 134 Å². The van der Waals surface area contributed by atoms with Crippen molar-refractivity contribution in [3.8, 4) is 17.6 Å².